The number of hydrogen-bond donors (Lipinski definition) is 2. The Morgan fingerprint density at radius 3 is 2.20 bits per heavy atom. The fraction of sp³-hybridized carbons (Fsp3) is 0.818. The van der Waals surface area contributed by atoms with Crippen molar-refractivity contribution in [2.45, 2.75) is 46.6 Å². The van der Waals surface area contributed by atoms with E-state index in [1.165, 1.54) is 0 Å². The molecular formula is C11H22N2O2. The molecule has 0 rings (SSSR count). The molecule has 4 heteroatoms. The van der Waals surface area contributed by atoms with Crippen molar-refractivity contribution < 1.29 is 9.59 Å². The van der Waals surface area contributed by atoms with Crippen molar-refractivity contribution in [3.05, 3.63) is 0 Å². The van der Waals surface area contributed by atoms with Gasteiger partial charge in [0.05, 0.1) is 0 Å². The van der Waals surface area contributed by atoms with E-state index < -0.39 is 0 Å². The molecule has 88 valence electrons. The maximum atomic E-state index is 11.2. The van der Waals surface area contributed by atoms with Crippen LogP contribution in [0.3, 0.4) is 0 Å². The molecule has 0 aliphatic heterocycles. The van der Waals surface area contributed by atoms with Crippen molar-refractivity contribution in [2.24, 2.45) is 5.92 Å². The molecule has 0 fully saturated rings. The summed E-state index contributed by atoms with van der Waals surface area (Å²) in [7, 11) is 0. The Morgan fingerprint density at radius 1 is 1.13 bits per heavy atom. The summed E-state index contributed by atoms with van der Waals surface area (Å²) in [4.78, 5) is 22.4. The van der Waals surface area contributed by atoms with Crippen LogP contribution in [0.25, 0.3) is 0 Å². The van der Waals surface area contributed by atoms with Gasteiger partial charge in [-0.2, -0.15) is 0 Å². The minimum Gasteiger partial charge on any atom is -0.356 e. The monoisotopic (exact) mass is 214 g/mol. The maximum absolute atomic E-state index is 11.2. The minimum absolute atomic E-state index is 0.00879. The zero-order valence-corrected chi connectivity index (χ0v) is 10.1. The largest absolute Gasteiger partial charge is 0.356 e. The summed E-state index contributed by atoms with van der Waals surface area (Å²) in [5.74, 6) is 0.0950. The number of amides is 2. The topological polar surface area (TPSA) is 58.2 Å². The molecule has 0 aliphatic rings. The molecule has 0 aromatic carbocycles. The Morgan fingerprint density at radius 2 is 1.73 bits per heavy atom. The van der Waals surface area contributed by atoms with Crippen molar-refractivity contribution in [3.8, 4) is 0 Å². The highest BCUT2D eigenvalue weighted by Crippen LogP contribution is 1.93. The summed E-state index contributed by atoms with van der Waals surface area (Å²) in [6.07, 6.45) is 1.16. The van der Waals surface area contributed by atoms with Crippen LogP contribution in [0.2, 0.25) is 0 Å². The van der Waals surface area contributed by atoms with Gasteiger partial charge in [-0.05, 0) is 20.3 Å². The predicted molar refractivity (Wildman–Crippen MR) is 60.4 cm³/mol. The van der Waals surface area contributed by atoms with Crippen molar-refractivity contribution in [2.75, 3.05) is 6.54 Å². The number of hydrogen-bond acceptors (Lipinski definition) is 2. The highest BCUT2D eigenvalue weighted by atomic mass is 16.2. The second-order valence-corrected chi connectivity index (χ2v) is 4.27. The summed E-state index contributed by atoms with van der Waals surface area (Å²) < 4.78 is 0. The Kier molecular flexibility index (Phi) is 6.75. The van der Waals surface area contributed by atoms with Crippen LogP contribution in [0.15, 0.2) is 0 Å². The van der Waals surface area contributed by atoms with E-state index in [4.69, 9.17) is 0 Å². The lowest BCUT2D eigenvalue weighted by Gasteiger charge is -2.09. The van der Waals surface area contributed by atoms with Crippen LogP contribution in [0.5, 0.6) is 0 Å². The molecule has 0 saturated carbocycles. The Balaban J connectivity index is 3.46. The van der Waals surface area contributed by atoms with Gasteiger partial charge in [-0.25, -0.2) is 0 Å². The normalized spacial score (nSPS) is 10.5. The lowest BCUT2D eigenvalue weighted by atomic mass is 10.2. The summed E-state index contributed by atoms with van der Waals surface area (Å²) >= 11 is 0. The minimum atomic E-state index is 0.00879. The van der Waals surface area contributed by atoms with Crippen LogP contribution in [0.1, 0.15) is 40.5 Å². The third kappa shape index (κ3) is 7.97. The van der Waals surface area contributed by atoms with Gasteiger partial charge in [-0.1, -0.05) is 13.8 Å². The summed E-state index contributed by atoms with van der Waals surface area (Å²) in [6, 6.07) is 0.183. The fourth-order valence-corrected chi connectivity index (χ4v) is 1.06. The van der Waals surface area contributed by atoms with Gasteiger partial charge < -0.3 is 10.6 Å². The standard InChI is InChI=1S/C11H22N2O2/c1-8(2)11(15)12-7-5-6-10(14)13-9(3)4/h8-9H,5-7H2,1-4H3,(H,12,15)(H,13,14). The summed E-state index contributed by atoms with van der Waals surface area (Å²) in [5, 5.41) is 5.57. The molecule has 0 aromatic rings. The number of rotatable bonds is 6. The molecule has 0 aliphatic carbocycles. The molecular weight excluding hydrogens is 192 g/mol. The van der Waals surface area contributed by atoms with Crippen LogP contribution in [0.4, 0.5) is 0 Å². The highest BCUT2D eigenvalue weighted by Gasteiger charge is 2.06. The lowest BCUT2D eigenvalue weighted by molar-refractivity contribution is -0.125. The molecule has 2 amide bonds. The van der Waals surface area contributed by atoms with E-state index in [2.05, 4.69) is 10.6 Å². The van der Waals surface area contributed by atoms with Crippen LogP contribution in [0, 0.1) is 5.92 Å². The molecule has 0 spiro atoms. The Hall–Kier alpha value is -1.06. The van der Waals surface area contributed by atoms with Crippen molar-refractivity contribution in [1.82, 2.24) is 10.6 Å². The van der Waals surface area contributed by atoms with Crippen LogP contribution in [-0.4, -0.2) is 24.4 Å². The Labute approximate surface area is 91.8 Å². The highest BCUT2D eigenvalue weighted by molar-refractivity contribution is 5.78. The molecule has 0 heterocycles. The zero-order valence-electron chi connectivity index (χ0n) is 10.1. The molecule has 0 radical (unpaired) electrons. The molecule has 0 atom stereocenters. The second-order valence-electron chi connectivity index (χ2n) is 4.27. The van der Waals surface area contributed by atoms with Gasteiger partial charge in [0.25, 0.3) is 0 Å². The van der Waals surface area contributed by atoms with E-state index in [-0.39, 0.29) is 23.8 Å². The van der Waals surface area contributed by atoms with Gasteiger partial charge in [-0.15, -0.1) is 0 Å². The molecule has 0 saturated heterocycles. The van der Waals surface area contributed by atoms with Gasteiger partial charge in [0, 0.05) is 24.9 Å². The average molecular weight is 214 g/mol. The van der Waals surface area contributed by atoms with E-state index >= 15 is 0 Å². The van der Waals surface area contributed by atoms with E-state index in [1.807, 2.05) is 27.7 Å². The summed E-state index contributed by atoms with van der Waals surface area (Å²) in [6.45, 7) is 8.13. The molecule has 0 aromatic heterocycles. The average Bonchev–Trinajstić information content (AvgIpc) is 2.10. The summed E-state index contributed by atoms with van der Waals surface area (Å²) in [5.41, 5.74) is 0. The van der Waals surface area contributed by atoms with E-state index in [9.17, 15) is 9.59 Å². The number of nitrogens with one attached hydrogen (secondary N) is 2. The van der Waals surface area contributed by atoms with E-state index in [0.717, 1.165) is 0 Å². The van der Waals surface area contributed by atoms with Gasteiger partial charge in [0.15, 0.2) is 0 Å². The van der Waals surface area contributed by atoms with Crippen molar-refractivity contribution in [3.63, 3.8) is 0 Å². The lowest BCUT2D eigenvalue weighted by Crippen LogP contribution is -2.32. The van der Waals surface area contributed by atoms with E-state index in [1.54, 1.807) is 0 Å². The predicted octanol–water partition coefficient (Wildman–Crippen LogP) is 1.06. The van der Waals surface area contributed by atoms with Gasteiger partial charge in [0.2, 0.25) is 11.8 Å². The Bertz CT molecular complexity index is 213. The molecule has 15 heavy (non-hydrogen) atoms. The van der Waals surface area contributed by atoms with Crippen molar-refractivity contribution in [1.29, 1.82) is 0 Å². The third-order valence-corrected chi connectivity index (χ3v) is 1.85. The smallest absolute Gasteiger partial charge is 0.222 e. The molecule has 0 unspecified atom stereocenters. The van der Waals surface area contributed by atoms with Gasteiger partial charge in [0.1, 0.15) is 0 Å². The first kappa shape index (κ1) is 13.9. The van der Waals surface area contributed by atoms with E-state index in [0.29, 0.717) is 19.4 Å². The number of carbonyl (C=O) groups excluding carboxylic acids is 2. The molecule has 0 bridgehead atoms. The van der Waals surface area contributed by atoms with Gasteiger partial charge >= 0.3 is 0 Å². The number of carbonyl (C=O) groups is 2. The SMILES string of the molecule is CC(C)NC(=O)CCCNC(=O)C(C)C. The van der Waals surface area contributed by atoms with Gasteiger partial charge in [-0.3, -0.25) is 9.59 Å². The van der Waals surface area contributed by atoms with Crippen molar-refractivity contribution >= 4 is 11.8 Å². The van der Waals surface area contributed by atoms with Crippen LogP contribution >= 0.6 is 0 Å². The zero-order chi connectivity index (χ0) is 11.8. The fourth-order valence-electron chi connectivity index (χ4n) is 1.06. The second kappa shape index (κ2) is 7.26. The maximum Gasteiger partial charge on any atom is 0.222 e. The van der Waals surface area contributed by atoms with Crippen LogP contribution < -0.4 is 10.6 Å². The first-order valence-corrected chi connectivity index (χ1v) is 5.50. The molecule has 4 nitrogen and oxygen atoms in total. The quantitative estimate of drug-likeness (QED) is 0.650. The third-order valence-electron chi connectivity index (χ3n) is 1.85. The first-order valence-electron chi connectivity index (χ1n) is 5.50. The molecule has 2 N–H and O–H groups in total. The first-order chi connectivity index (χ1) is 6.93. The van der Waals surface area contributed by atoms with Crippen LogP contribution in [-0.2, 0) is 9.59 Å².